The third kappa shape index (κ3) is 5.37. The molecule has 2 N–H and O–H groups in total. The summed E-state index contributed by atoms with van der Waals surface area (Å²) in [4.78, 5) is 3.82. The predicted octanol–water partition coefficient (Wildman–Crippen LogP) is 1.46. The van der Waals surface area contributed by atoms with E-state index in [4.69, 9.17) is 9.47 Å². The van der Waals surface area contributed by atoms with Crippen LogP contribution in [0.1, 0.15) is 11.1 Å². The highest BCUT2D eigenvalue weighted by Gasteiger charge is 2.23. The van der Waals surface area contributed by atoms with Crippen molar-refractivity contribution in [1.82, 2.24) is 0 Å². The Labute approximate surface area is 162 Å². The fraction of sp³-hybridized carbons (Fsp3) is 0.455. The molecule has 27 heavy (non-hydrogen) atoms. The molecule has 0 aromatic heterocycles. The average Bonchev–Trinajstić information content (AvgIpc) is 2.69. The summed E-state index contributed by atoms with van der Waals surface area (Å²) in [5.41, 5.74) is 3.51. The van der Waals surface area contributed by atoms with Gasteiger partial charge in [-0.15, -0.1) is 0 Å². The summed E-state index contributed by atoms with van der Waals surface area (Å²) >= 11 is 0. The molecule has 1 saturated heterocycles. The Morgan fingerprint density at radius 2 is 1.78 bits per heavy atom. The van der Waals surface area contributed by atoms with Crippen LogP contribution >= 0.6 is 0 Å². The van der Waals surface area contributed by atoms with Crippen LogP contribution in [0.5, 0.6) is 11.5 Å². The Balaban J connectivity index is 1.43. The zero-order chi connectivity index (χ0) is 19.2. The maximum absolute atomic E-state index is 10.4. The van der Waals surface area contributed by atoms with Crippen molar-refractivity contribution >= 4 is 5.69 Å². The van der Waals surface area contributed by atoms with E-state index in [1.807, 2.05) is 25.1 Å². The lowest BCUT2D eigenvalue weighted by Crippen LogP contribution is -3.16. The number of hydrogen-bond donors (Lipinski definition) is 2. The summed E-state index contributed by atoms with van der Waals surface area (Å²) in [6, 6.07) is 14.4. The van der Waals surface area contributed by atoms with Crippen LogP contribution in [0.4, 0.5) is 5.69 Å². The second-order valence-electron chi connectivity index (χ2n) is 7.37. The molecule has 1 aliphatic rings. The minimum atomic E-state index is -0.451. The van der Waals surface area contributed by atoms with E-state index in [1.165, 1.54) is 16.2 Å². The molecule has 0 spiro atoms. The van der Waals surface area contributed by atoms with Crippen molar-refractivity contribution < 1.29 is 19.5 Å². The van der Waals surface area contributed by atoms with Crippen molar-refractivity contribution in [2.24, 2.45) is 0 Å². The van der Waals surface area contributed by atoms with E-state index < -0.39 is 6.10 Å². The number of aliphatic hydroxyl groups is 1. The SMILES string of the molecule is COc1ccc(N2CC[NH+](C[C@H](O)COc3cc(C)ccc3C)CC2)cc1. The minimum absolute atomic E-state index is 0.343. The van der Waals surface area contributed by atoms with Crippen molar-refractivity contribution in [3.8, 4) is 11.5 Å². The van der Waals surface area contributed by atoms with Gasteiger partial charge >= 0.3 is 0 Å². The van der Waals surface area contributed by atoms with Gasteiger partial charge < -0.3 is 24.4 Å². The van der Waals surface area contributed by atoms with Gasteiger partial charge in [-0.2, -0.15) is 0 Å². The van der Waals surface area contributed by atoms with E-state index in [-0.39, 0.29) is 0 Å². The number of piperazine rings is 1. The number of anilines is 1. The van der Waals surface area contributed by atoms with Crippen LogP contribution in [0.3, 0.4) is 0 Å². The van der Waals surface area contributed by atoms with Gasteiger partial charge in [-0.3, -0.25) is 0 Å². The molecule has 0 bridgehead atoms. The number of quaternary nitrogens is 1. The summed E-state index contributed by atoms with van der Waals surface area (Å²) in [6.07, 6.45) is -0.451. The molecule has 0 aliphatic carbocycles. The van der Waals surface area contributed by atoms with Crippen LogP contribution in [-0.4, -0.2) is 57.7 Å². The van der Waals surface area contributed by atoms with E-state index >= 15 is 0 Å². The van der Waals surface area contributed by atoms with E-state index in [1.54, 1.807) is 7.11 Å². The molecule has 0 amide bonds. The molecular weight excluding hydrogens is 340 g/mol. The van der Waals surface area contributed by atoms with Crippen molar-refractivity contribution in [3.05, 3.63) is 53.6 Å². The van der Waals surface area contributed by atoms with Crippen LogP contribution in [0, 0.1) is 13.8 Å². The standard InChI is InChI=1S/C22H30N2O3/c1-17-4-5-18(2)22(14-17)27-16-20(25)15-23-10-12-24(13-11-23)19-6-8-21(26-3)9-7-19/h4-9,14,20,25H,10-13,15-16H2,1-3H3/p+1/t20-/m0/s1. The van der Waals surface area contributed by atoms with Gasteiger partial charge in [0.05, 0.1) is 33.3 Å². The van der Waals surface area contributed by atoms with E-state index in [2.05, 4.69) is 36.1 Å². The van der Waals surface area contributed by atoms with Crippen LogP contribution in [-0.2, 0) is 0 Å². The molecule has 1 heterocycles. The Hall–Kier alpha value is -2.24. The molecule has 5 nitrogen and oxygen atoms in total. The summed E-state index contributed by atoms with van der Waals surface area (Å²) in [5, 5.41) is 10.4. The molecule has 146 valence electrons. The minimum Gasteiger partial charge on any atom is -0.497 e. The molecule has 2 aromatic carbocycles. The normalized spacial score (nSPS) is 16.2. The molecular formula is C22H31N2O3+. The van der Waals surface area contributed by atoms with Gasteiger partial charge in [-0.1, -0.05) is 12.1 Å². The molecule has 1 aliphatic heterocycles. The van der Waals surface area contributed by atoms with Crippen molar-refractivity contribution in [1.29, 1.82) is 0 Å². The Bertz CT molecular complexity index is 725. The topological polar surface area (TPSA) is 46.4 Å². The molecule has 5 heteroatoms. The summed E-state index contributed by atoms with van der Waals surface area (Å²) in [6.45, 7) is 9.18. The number of hydrogen-bond acceptors (Lipinski definition) is 4. The largest absolute Gasteiger partial charge is 0.497 e. The quantitative estimate of drug-likeness (QED) is 0.774. The van der Waals surface area contributed by atoms with Crippen LogP contribution in [0.2, 0.25) is 0 Å². The third-order valence-corrected chi connectivity index (χ3v) is 5.21. The highest BCUT2D eigenvalue weighted by atomic mass is 16.5. The summed E-state index contributed by atoms with van der Waals surface area (Å²) in [7, 11) is 1.69. The number of ether oxygens (including phenoxy) is 2. The molecule has 0 saturated carbocycles. The number of aryl methyl sites for hydroxylation is 2. The fourth-order valence-electron chi connectivity index (χ4n) is 3.52. The predicted molar refractivity (Wildman–Crippen MR) is 108 cm³/mol. The number of nitrogens with one attached hydrogen (secondary N) is 1. The second-order valence-corrected chi connectivity index (χ2v) is 7.37. The third-order valence-electron chi connectivity index (χ3n) is 5.21. The summed E-state index contributed by atoms with van der Waals surface area (Å²) in [5.74, 6) is 1.75. The van der Waals surface area contributed by atoms with E-state index in [0.717, 1.165) is 49.8 Å². The lowest BCUT2D eigenvalue weighted by atomic mass is 10.1. The van der Waals surface area contributed by atoms with Gasteiger partial charge in [0.25, 0.3) is 0 Å². The lowest BCUT2D eigenvalue weighted by molar-refractivity contribution is -0.903. The number of methoxy groups -OCH3 is 1. The number of nitrogens with zero attached hydrogens (tertiary/aromatic N) is 1. The van der Waals surface area contributed by atoms with Crippen LogP contribution in [0.15, 0.2) is 42.5 Å². The van der Waals surface area contributed by atoms with Crippen molar-refractivity contribution in [2.45, 2.75) is 20.0 Å². The molecule has 1 fully saturated rings. The first-order valence-corrected chi connectivity index (χ1v) is 9.66. The lowest BCUT2D eigenvalue weighted by Gasteiger charge is -2.34. The highest BCUT2D eigenvalue weighted by molar-refractivity contribution is 5.49. The zero-order valence-corrected chi connectivity index (χ0v) is 16.6. The van der Waals surface area contributed by atoms with Gasteiger partial charge in [0, 0.05) is 5.69 Å². The monoisotopic (exact) mass is 371 g/mol. The second kappa shape index (κ2) is 9.11. The molecule has 3 rings (SSSR count). The Morgan fingerprint density at radius 1 is 1.07 bits per heavy atom. The first kappa shape index (κ1) is 19.5. The zero-order valence-electron chi connectivity index (χ0n) is 16.6. The molecule has 2 aromatic rings. The Kier molecular flexibility index (Phi) is 6.58. The highest BCUT2D eigenvalue weighted by Crippen LogP contribution is 2.20. The van der Waals surface area contributed by atoms with Gasteiger partial charge in [0.2, 0.25) is 0 Å². The first-order valence-electron chi connectivity index (χ1n) is 9.66. The maximum atomic E-state index is 10.4. The van der Waals surface area contributed by atoms with Crippen molar-refractivity contribution in [2.75, 3.05) is 51.3 Å². The molecule has 1 atom stereocenters. The average molecular weight is 372 g/mol. The first-order chi connectivity index (χ1) is 13.0. The van der Waals surface area contributed by atoms with E-state index in [0.29, 0.717) is 6.61 Å². The number of benzene rings is 2. The van der Waals surface area contributed by atoms with Gasteiger partial charge in [0.1, 0.15) is 30.8 Å². The maximum Gasteiger partial charge on any atom is 0.137 e. The number of rotatable bonds is 7. The molecule has 0 unspecified atom stereocenters. The molecule has 0 radical (unpaired) electrons. The van der Waals surface area contributed by atoms with Crippen LogP contribution in [0.25, 0.3) is 0 Å². The summed E-state index contributed by atoms with van der Waals surface area (Å²) < 4.78 is 11.1. The Morgan fingerprint density at radius 3 is 2.44 bits per heavy atom. The smallest absolute Gasteiger partial charge is 0.137 e. The van der Waals surface area contributed by atoms with E-state index in [9.17, 15) is 5.11 Å². The fourth-order valence-corrected chi connectivity index (χ4v) is 3.52. The van der Waals surface area contributed by atoms with Crippen molar-refractivity contribution in [3.63, 3.8) is 0 Å². The van der Waals surface area contributed by atoms with Gasteiger partial charge in [0.15, 0.2) is 0 Å². The van der Waals surface area contributed by atoms with Gasteiger partial charge in [-0.25, -0.2) is 0 Å². The van der Waals surface area contributed by atoms with Crippen LogP contribution < -0.4 is 19.3 Å². The number of aliphatic hydroxyl groups excluding tert-OH is 1. The van der Waals surface area contributed by atoms with Gasteiger partial charge in [-0.05, 0) is 55.3 Å².